The van der Waals surface area contributed by atoms with E-state index in [1.807, 2.05) is 0 Å². The standard InChI is InChI=1S/C20H20F3NO4/c1-12-17(19(26)27-2)15(18(25)24(12)11-14-7-5-9-28-14)10-13-6-3-4-8-16(13)20(21,22)23/h3-4,6,8,10,14H,5,7,9,11H2,1-2H3/b15-10-/t14-/m0/s1. The zero-order valence-corrected chi connectivity index (χ0v) is 15.5. The number of allylic oxidation sites excluding steroid dienone is 1. The smallest absolute Gasteiger partial charge is 0.416 e. The molecule has 0 bridgehead atoms. The minimum absolute atomic E-state index is 0.0255. The van der Waals surface area contributed by atoms with Crippen LogP contribution in [0.3, 0.4) is 0 Å². The van der Waals surface area contributed by atoms with Gasteiger partial charge in [-0.25, -0.2) is 4.79 Å². The summed E-state index contributed by atoms with van der Waals surface area (Å²) < 4.78 is 50.3. The maximum absolute atomic E-state index is 13.3. The van der Waals surface area contributed by atoms with E-state index in [0.717, 1.165) is 32.1 Å². The van der Waals surface area contributed by atoms with E-state index >= 15 is 0 Å². The van der Waals surface area contributed by atoms with Gasteiger partial charge < -0.3 is 14.4 Å². The summed E-state index contributed by atoms with van der Waals surface area (Å²) in [6.45, 7) is 2.42. The average molecular weight is 395 g/mol. The van der Waals surface area contributed by atoms with E-state index in [1.54, 1.807) is 6.92 Å². The van der Waals surface area contributed by atoms with Crippen molar-refractivity contribution in [1.82, 2.24) is 4.90 Å². The van der Waals surface area contributed by atoms with Crippen LogP contribution >= 0.6 is 0 Å². The molecular weight excluding hydrogens is 375 g/mol. The minimum Gasteiger partial charge on any atom is -0.465 e. The van der Waals surface area contributed by atoms with Crippen LogP contribution in [0.1, 0.15) is 30.9 Å². The van der Waals surface area contributed by atoms with E-state index in [4.69, 9.17) is 9.47 Å². The Kier molecular flexibility index (Phi) is 5.60. The Labute approximate surface area is 160 Å². The molecule has 150 valence electrons. The second-order valence-electron chi connectivity index (χ2n) is 6.65. The van der Waals surface area contributed by atoms with Crippen LogP contribution in [0.4, 0.5) is 13.2 Å². The Balaban J connectivity index is 2.05. The zero-order valence-electron chi connectivity index (χ0n) is 15.5. The third-order valence-electron chi connectivity index (χ3n) is 4.88. The van der Waals surface area contributed by atoms with Crippen molar-refractivity contribution in [2.75, 3.05) is 20.3 Å². The van der Waals surface area contributed by atoms with Gasteiger partial charge in [0.05, 0.1) is 36.5 Å². The highest BCUT2D eigenvalue weighted by Gasteiger charge is 2.39. The third kappa shape index (κ3) is 3.82. The van der Waals surface area contributed by atoms with Crippen molar-refractivity contribution in [1.29, 1.82) is 0 Å². The number of carbonyl (C=O) groups excluding carboxylic acids is 2. The summed E-state index contributed by atoms with van der Waals surface area (Å²) in [7, 11) is 1.16. The number of amides is 1. The van der Waals surface area contributed by atoms with Crippen LogP contribution in [-0.4, -0.2) is 43.1 Å². The molecule has 2 aliphatic rings. The molecule has 28 heavy (non-hydrogen) atoms. The maximum atomic E-state index is 13.3. The first-order valence-electron chi connectivity index (χ1n) is 8.85. The van der Waals surface area contributed by atoms with Crippen LogP contribution in [-0.2, 0) is 25.2 Å². The molecule has 2 heterocycles. The molecule has 1 aromatic rings. The summed E-state index contributed by atoms with van der Waals surface area (Å²) in [5.41, 5.74) is -0.856. The second-order valence-corrected chi connectivity index (χ2v) is 6.65. The van der Waals surface area contributed by atoms with Gasteiger partial charge in [-0.15, -0.1) is 0 Å². The number of benzene rings is 1. The van der Waals surface area contributed by atoms with Crippen molar-refractivity contribution < 1.29 is 32.2 Å². The van der Waals surface area contributed by atoms with Crippen LogP contribution in [0.25, 0.3) is 6.08 Å². The molecule has 0 aliphatic carbocycles. The van der Waals surface area contributed by atoms with Gasteiger partial charge in [-0.1, -0.05) is 18.2 Å². The predicted molar refractivity (Wildman–Crippen MR) is 94.8 cm³/mol. The van der Waals surface area contributed by atoms with Gasteiger partial charge >= 0.3 is 12.1 Å². The van der Waals surface area contributed by atoms with Gasteiger partial charge in [0.25, 0.3) is 5.91 Å². The van der Waals surface area contributed by atoms with E-state index in [9.17, 15) is 22.8 Å². The van der Waals surface area contributed by atoms with E-state index in [1.165, 1.54) is 23.1 Å². The highest BCUT2D eigenvalue weighted by molar-refractivity contribution is 6.16. The van der Waals surface area contributed by atoms with Crippen molar-refractivity contribution in [2.24, 2.45) is 0 Å². The number of nitrogens with zero attached hydrogens (tertiary/aromatic N) is 1. The van der Waals surface area contributed by atoms with Gasteiger partial charge in [-0.05, 0) is 37.5 Å². The van der Waals surface area contributed by atoms with Gasteiger partial charge in [0.15, 0.2) is 0 Å². The molecular formula is C20H20F3NO4. The average Bonchev–Trinajstić information content (AvgIpc) is 3.24. The molecule has 5 nitrogen and oxygen atoms in total. The molecule has 0 aromatic heterocycles. The van der Waals surface area contributed by atoms with Crippen molar-refractivity contribution in [3.8, 4) is 0 Å². The Morgan fingerprint density at radius 2 is 2.07 bits per heavy atom. The van der Waals surface area contributed by atoms with E-state index < -0.39 is 23.6 Å². The number of hydrogen-bond donors (Lipinski definition) is 0. The largest absolute Gasteiger partial charge is 0.465 e. The van der Waals surface area contributed by atoms with Gasteiger partial charge in [-0.3, -0.25) is 4.79 Å². The fraction of sp³-hybridized carbons (Fsp3) is 0.400. The van der Waals surface area contributed by atoms with Gasteiger partial charge in [-0.2, -0.15) is 13.2 Å². The number of methoxy groups -OCH3 is 1. The second kappa shape index (κ2) is 7.79. The molecule has 0 spiro atoms. The molecule has 1 amide bonds. The Morgan fingerprint density at radius 3 is 2.68 bits per heavy atom. The van der Waals surface area contributed by atoms with E-state index in [2.05, 4.69) is 0 Å². The highest BCUT2D eigenvalue weighted by atomic mass is 19.4. The molecule has 8 heteroatoms. The van der Waals surface area contributed by atoms with Crippen LogP contribution in [0, 0.1) is 0 Å². The highest BCUT2D eigenvalue weighted by Crippen LogP contribution is 2.36. The lowest BCUT2D eigenvalue weighted by molar-refractivity contribution is -0.138. The third-order valence-corrected chi connectivity index (χ3v) is 4.88. The summed E-state index contributed by atoms with van der Waals surface area (Å²) >= 11 is 0. The minimum atomic E-state index is -4.59. The molecule has 1 aromatic carbocycles. The normalized spacial score (nSPS) is 21.8. The first-order valence-corrected chi connectivity index (χ1v) is 8.85. The van der Waals surface area contributed by atoms with Gasteiger partial charge in [0.2, 0.25) is 0 Å². The Hall–Kier alpha value is -2.61. The number of hydrogen-bond acceptors (Lipinski definition) is 4. The van der Waals surface area contributed by atoms with Gasteiger partial charge in [0, 0.05) is 12.3 Å². The van der Waals surface area contributed by atoms with Crippen molar-refractivity contribution in [3.05, 3.63) is 52.2 Å². The summed E-state index contributed by atoms with van der Waals surface area (Å²) in [5.74, 6) is -1.30. The van der Waals surface area contributed by atoms with Crippen LogP contribution in [0.2, 0.25) is 0 Å². The number of esters is 1. The summed E-state index contributed by atoms with van der Waals surface area (Å²) in [6, 6.07) is 4.91. The lowest BCUT2D eigenvalue weighted by atomic mass is 10.00. The molecule has 1 saturated heterocycles. The molecule has 0 saturated carbocycles. The lowest BCUT2D eigenvalue weighted by Crippen LogP contribution is -2.33. The zero-order chi connectivity index (χ0) is 20.5. The maximum Gasteiger partial charge on any atom is 0.416 e. The van der Waals surface area contributed by atoms with Crippen molar-refractivity contribution in [3.63, 3.8) is 0 Å². The lowest BCUT2D eigenvalue weighted by Gasteiger charge is -2.21. The Bertz CT molecular complexity index is 851. The molecule has 3 rings (SSSR count). The van der Waals surface area contributed by atoms with E-state index in [-0.39, 0.29) is 29.4 Å². The quantitative estimate of drug-likeness (QED) is 0.578. The monoisotopic (exact) mass is 395 g/mol. The predicted octanol–water partition coefficient (Wildman–Crippen LogP) is 3.56. The number of carbonyl (C=O) groups is 2. The summed E-state index contributed by atoms with van der Waals surface area (Å²) in [6.07, 6.45) is -1.99. The molecule has 2 aliphatic heterocycles. The first-order chi connectivity index (χ1) is 13.2. The van der Waals surface area contributed by atoms with E-state index in [0.29, 0.717) is 12.3 Å². The summed E-state index contributed by atoms with van der Waals surface area (Å²) in [4.78, 5) is 26.6. The summed E-state index contributed by atoms with van der Waals surface area (Å²) in [5, 5.41) is 0. The molecule has 1 atom stereocenters. The van der Waals surface area contributed by atoms with Crippen LogP contribution in [0.15, 0.2) is 41.1 Å². The van der Waals surface area contributed by atoms with Crippen LogP contribution < -0.4 is 0 Å². The number of rotatable bonds is 4. The number of ether oxygens (including phenoxy) is 2. The Morgan fingerprint density at radius 1 is 1.36 bits per heavy atom. The first kappa shape index (κ1) is 20.1. The SMILES string of the molecule is COC(=O)C1=C(C)N(C[C@@H]2CCCO2)C(=O)/C1=C\c1ccccc1C(F)(F)F. The molecule has 1 fully saturated rings. The number of halogens is 3. The fourth-order valence-electron chi connectivity index (χ4n) is 3.48. The van der Waals surface area contributed by atoms with Crippen molar-refractivity contribution in [2.45, 2.75) is 32.0 Å². The fourth-order valence-corrected chi connectivity index (χ4v) is 3.48. The number of alkyl halides is 3. The van der Waals surface area contributed by atoms with Crippen LogP contribution in [0.5, 0.6) is 0 Å². The topological polar surface area (TPSA) is 55.8 Å². The molecule has 0 radical (unpaired) electrons. The van der Waals surface area contributed by atoms with Crippen molar-refractivity contribution >= 4 is 18.0 Å². The molecule has 0 unspecified atom stereocenters. The van der Waals surface area contributed by atoms with Gasteiger partial charge in [0.1, 0.15) is 0 Å². The molecule has 0 N–H and O–H groups in total.